The van der Waals surface area contributed by atoms with Crippen LogP contribution in [0.1, 0.15) is 12.5 Å². The van der Waals surface area contributed by atoms with Gasteiger partial charge in [-0.2, -0.15) is 4.57 Å². The van der Waals surface area contributed by atoms with Gasteiger partial charge in [-0.05, 0) is 26.0 Å². The molecule has 0 aliphatic rings. The molecule has 2 heteroatoms. The second-order valence-electron chi connectivity index (χ2n) is 3.36. The van der Waals surface area contributed by atoms with Gasteiger partial charge in [0, 0.05) is 17.5 Å². The third-order valence-electron chi connectivity index (χ3n) is 2.37. The molecule has 0 aliphatic carbocycles. The topological polar surface area (TPSA) is 3.88 Å². The van der Waals surface area contributed by atoms with Crippen molar-refractivity contribution in [2.24, 2.45) is 0 Å². The molecule has 0 spiro atoms. The number of hydrogen-bond donors (Lipinski definition) is 0. The van der Waals surface area contributed by atoms with E-state index < -0.39 is 0 Å². The molecular formula is C12H14IN. The van der Waals surface area contributed by atoms with Crippen LogP contribution < -0.4 is 28.5 Å². The minimum absolute atomic E-state index is 0. The maximum Gasteiger partial charge on any atom is 0.212 e. The lowest BCUT2D eigenvalue weighted by atomic mass is 10.1. The normalized spacial score (nSPS) is 9.86. The highest BCUT2D eigenvalue weighted by atomic mass is 127. The van der Waals surface area contributed by atoms with E-state index >= 15 is 0 Å². The van der Waals surface area contributed by atoms with Crippen molar-refractivity contribution < 1.29 is 28.5 Å². The SMILES string of the molecule is CC[n+]1cccc2cc(C)ccc21.[I-]. The van der Waals surface area contributed by atoms with E-state index in [-0.39, 0.29) is 24.0 Å². The summed E-state index contributed by atoms with van der Waals surface area (Å²) in [5.41, 5.74) is 2.64. The van der Waals surface area contributed by atoms with Crippen LogP contribution >= 0.6 is 0 Å². The van der Waals surface area contributed by atoms with Gasteiger partial charge in [0.25, 0.3) is 0 Å². The first-order valence-corrected chi connectivity index (χ1v) is 4.70. The Morgan fingerprint density at radius 3 is 2.71 bits per heavy atom. The Morgan fingerprint density at radius 1 is 1.21 bits per heavy atom. The molecule has 1 aromatic heterocycles. The number of pyridine rings is 1. The van der Waals surface area contributed by atoms with Crippen molar-refractivity contribution in [2.45, 2.75) is 20.4 Å². The summed E-state index contributed by atoms with van der Waals surface area (Å²) in [5.74, 6) is 0. The Hall–Kier alpha value is -0.640. The summed E-state index contributed by atoms with van der Waals surface area (Å²) in [5, 5.41) is 1.32. The number of hydrogen-bond acceptors (Lipinski definition) is 0. The van der Waals surface area contributed by atoms with Crippen LogP contribution in [0.3, 0.4) is 0 Å². The van der Waals surface area contributed by atoms with Gasteiger partial charge in [0.15, 0.2) is 6.20 Å². The van der Waals surface area contributed by atoms with Crippen LogP contribution in [0.25, 0.3) is 10.9 Å². The van der Waals surface area contributed by atoms with Gasteiger partial charge in [-0.3, -0.25) is 0 Å². The molecule has 0 unspecified atom stereocenters. The van der Waals surface area contributed by atoms with E-state index in [0.717, 1.165) is 6.54 Å². The van der Waals surface area contributed by atoms with Crippen molar-refractivity contribution in [3.63, 3.8) is 0 Å². The number of fused-ring (bicyclic) bond motifs is 1. The zero-order chi connectivity index (χ0) is 9.26. The number of aromatic nitrogens is 1. The van der Waals surface area contributed by atoms with Gasteiger partial charge in [0.1, 0.15) is 6.54 Å². The quantitative estimate of drug-likeness (QED) is 0.492. The van der Waals surface area contributed by atoms with Gasteiger partial charge in [-0.1, -0.05) is 11.6 Å². The molecule has 0 radical (unpaired) electrons. The van der Waals surface area contributed by atoms with E-state index in [4.69, 9.17) is 0 Å². The molecule has 2 rings (SSSR count). The number of aryl methyl sites for hydroxylation is 2. The van der Waals surface area contributed by atoms with Crippen molar-refractivity contribution in [3.05, 3.63) is 42.1 Å². The van der Waals surface area contributed by atoms with E-state index in [1.165, 1.54) is 16.5 Å². The van der Waals surface area contributed by atoms with Crippen LogP contribution in [0.15, 0.2) is 36.5 Å². The molecule has 0 bridgehead atoms. The minimum Gasteiger partial charge on any atom is -1.00 e. The Morgan fingerprint density at radius 2 is 2.00 bits per heavy atom. The highest BCUT2D eigenvalue weighted by Crippen LogP contribution is 2.11. The van der Waals surface area contributed by atoms with Crippen LogP contribution in [0, 0.1) is 6.92 Å². The molecule has 74 valence electrons. The maximum absolute atomic E-state index is 2.26. The van der Waals surface area contributed by atoms with Crippen LogP contribution in [0.4, 0.5) is 0 Å². The predicted octanol–water partition coefficient (Wildman–Crippen LogP) is -0.540. The van der Waals surface area contributed by atoms with Gasteiger partial charge in [-0.25, -0.2) is 0 Å². The van der Waals surface area contributed by atoms with Gasteiger partial charge in [0.05, 0.1) is 0 Å². The van der Waals surface area contributed by atoms with E-state index in [1.807, 2.05) is 0 Å². The van der Waals surface area contributed by atoms with Gasteiger partial charge >= 0.3 is 0 Å². The van der Waals surface area contributed by atoms with E-state index in [1.54, 1.807) is 0 Å². The molecule has 0 amide bonds. The minimum atomic E-state index is 0. The monoisotopic (exact) mass is 299 g/mol. The molecule has 1 aromatic carbocycles. The Kier molecular flexibility index (Phi) is 3.86. The van der Waals surface area contributed by atoms with Crippen molar-refractivity contribution >= 4 is 10.9 Å². The van der Waals surface area contributed by atoms with E-state index in [9.17, 15) is 0 Å². The first kappa shape index (κ1) is 11.4. The molecule has 0 aliphatic heterocycles. The highest BCUT2D eigenvalue weighted by Gasteiger charge is 2.04. The summed E-state index contributed by atoms with van der Waals surface area (Å²) in [6.07, 6.45) is 2.12. The lowest BCUT2D eigenvalue weighted by molar-refractivity contribution is -0.667. The molecule has 1 nitrogen and oxygen atoms in total. The number of rotatable bonds is 1. The van der Waals surface area contributed by atoms with Crippen molar-refractivity contribution in [3.8, 4) is 0 Å². The smallest absolute Gasteiger partial charge is 0.212 e. The molecule has 1 heterocycles. The largest absolute Gasteiger partial charge is 1.00 e. The van der Waals surface area contributed by atoms with E-state index in [0.29, 0.717) is 0 Å². The Labute approximate surface area is 102 Å². The number of benzene rings is 1. The molecule has 0 N–H and O–H groups in total. The van der Waals surface area contributed by atoms with Crippen molar-refractivity contribution in [1.29, 1.82) is 0 Å². The summed E-state index contributed by atoms with van der Waals surface area (Å²) >= 11 is 0. The zero-order valence-electron chi connectivity index (χ0n) is 8.50. The van der Waals surface area contributed by atoms with Gasteiger partial charge < -0.3 is 24.0 Å². The molecule has 14 heavy (non-hydrogen) atoms. The number of halogens is 1. The first-order valence-electron chi connectivity index (χ1n) is 4.70. The lowest BCUT2D eigenvalue weighted by Gasteiger charge is -1.98. The molecule has 0 fully saturated rings. The molecule has 0 atom stereocenters. The molecule has 2 aromatic rings. The second-order valence-corrected chi connectivity index (χ2v) is 3.36. The fourth-order valence-corrected chi connectivity index (χ4v) is 1.68. The van der Waals surface area contributed by atoms with Crippen molar-refractivity contribution in [1.82, 2.24) is 0 Å². The summed E-state index contributed by atoms with van der Waals surface area (Å²) in [4.78, 5) is 0. The Bertz CT molecular complexity index is 437. The summed E-state index contributed by atoms with van der Waals surface area (Å²) in [7, 11) is 0. The van der Waals surface area contributed by atoms with E-state index in [2.05, 4.69) is 54.9 Å². The summed E-state index contributed by atoms with van der Waals surface area (Å²) in [6.45, 7) is 5.32. The van der Waals surface area contributed by atoms with Crippen LogP contribution in [-0.2, 0) is 6.54 Å². The standard InChI is InChI=1S/C12H14N.HI/c1-3-13-8-4-5-11-9-10(2)6-7-12(11)13;/h4-9H,3H2,1-2H3;1H/q+1;/p-1. The third-order valence-corrected chi connectivity index (χ3v) is 2.37. The molecule has 0 saturated heterocycles. The number of nitrogens with zero attached hydrogens (tertiary/aromatic N) is 1. The lowest BCUT2D eigenvalue weighted by Crippen LogP contribution is -3.00. The van der Waals surface area contributed by atoms with Crippen molar-refractivity contribution in [2.75, 3.05) is 0 Å². The zero-order valence-corrected chi connectivity index (χ0v) is 10.7. The second kappa shape index (κ2) is 4.73. The van der Waals surface area contributed by atoms with Crippen LogP contribution in [0.2, 0.25) is 0 Å². The summed E-state index contributed by atoms with van der Waals surface area (Å²) < 4.78 is 2.26. The van der Waals surface area contributed by atoms with Gasteiger partial charge in [0.2, 0.25) is 5.52 Å². The van der Waals surface area contributed by atoms with Crippen LogP contribution in [0.5, 0.6) is 0 Å². The summed E-state index contributed by atoms with van der Waals surface area (Å²) in [6, 6.07) is 10.8. The fraction of sp³-hybridized carbons (Fsp3) is 0.250. The average Bonchev–Trinajstić information content (AvgIpc) is 2.16. The fourth-order valence-electron chi connectivity index (χ4n) is 1.68. The maximum atomic E-state index is 2.26. The average molecular weight is 299 g/mol. The molecular weight excluding hydrogens is 285 g/mol. The first-order chi connectivity index (χ1) is 6.31. The highest BCUT2D eigenvalue weighted by molar-refractivity contribution is 5.76. The van der Waals surface area contributed by atoms with Gasteiger partial charge in [-0.15, -0.1) is 0 Å². The Balaban J connectivity index is 0.000000980. The molecule has 0 saturated carbocycles. The van der Waals surface area contributed by atoms with Crippen LogP contribution in [-0.4, -0.2) is 0 Å². The predicted molar refractivity (Wildman–Crippen MR) is 54.6 cm³/mol. The third kappa shape index (κ3) is 2.05.